The van der Waals surface area contributed by atoms with Crippen LogP contribution >= 0.6 is 11.6 Å². The van der Waals surface area contributed by atoms with Gasteiger partial charge < -0.3 is 9.26 Å². The molecular weight excluding hydrogens is 328 g/mol. The molecule has 6 heteroatoms. The van der Waals surface area contributed by atoms with Crippen molar-refractivity contribution in [2.45, 2.75) is 33.8 Å². The van der Waals surface area contributed by atoms with Crippen LogP contribution in [0, 0.1) is 13.8 Å². The first-order valence-corrected chi connectivity index (χ1v) is 8.06. The minimum absolute atomic E-state index is 0.00286. The largest absolute Gasteiger partial charge is 0.455 e. The number of fused-ring (bicyclic) bond motifs is 1. The number of rotatable bonds is 4. The molecule has 2 heterocycles. The van der Waals surface area contributed by atoms with Gasteiger partial charge in [-0.3, -0.25) is 0 Å². The summed E-state index contributed by atoms with van der Waals surface area (Å²) in [6.07, 6.45) is 0.593. The highest BCUT2D eigenvalue weighted by Gasteiger charge is 2.21. The molecule has 5 nitrogen and oxygen atoms in total. The fraction of sp³-hybridized carbons (Fsp3) is 0.278. The van der Waals surface area contributed by atoms with Gasteiger partial charge in [0.1, 0.15) is 17.9 Å². The number of benzene rings is 1. The molecule has 3 aromatic rings. The van der Waals surface area contributed by atoms with Gasteiger partial charge in [-0.2, -0.15) is 0 Å². The fourth-order valence-electron chi connectivity index (χ4n) is 2.64. The first-order valence-electron chi connectivity index (χ1n) is 7.68. The Hall–Kier alpha value is -2.40. The van der Waals surface area contributed by atoms with E-state index in [0.717, 1.165) is 16.5 Å². The normalized spacial score (nSPS) is 11.0. The van der Waals surface area contributed by atoms with Gasteiger partial charge in [-0.1, -0.05) is 41.9 Å². The molecule has 0 aliphatic heterocycles. The van der Waals surface area contributed by atoms with E-state index in [-0.39, 0.29) is 6.61 Å². The Morgan fingerprint density at radius 3 is 2.75 bits per heavy atom. The minimum atomic E-state index is -0.478. The number of para-hydroxylation sites is 1. The zero-order chi connectivity index (χ0) is 17.3. The summed E-state index contributed by atoms with van der Waals surface area (Å²) in [6, 6.07) is 7.72. The lowest BCUT2D eigenvalue weighted by Gasteiger charge is -2.10. The summed E-state index contributed by atoms with van der Waals surface area (Å²) >= 11 is 6.39. The molecule has 24 heavy (non-hydrogen) atoms. The van der Waals surface area contributed by atoms with Crippen LogP contribution in [-0.2, 0) is 17.8 Å². The number of carbonyl (C=O) groups is 1. The average molecular weight is 345 g/mol. The maximum atomic E-state index is 12.3. The summed E-state index contributed by atoms with van der Waals surface area (Å²) in [5, 5.41) is 5.37. The summed E-state index contributed by atoms with van der Waals surface area (Å²) in [6.45, 7) is 5.52. The maximum Gasteiger partial charge on any atom is 0.344 e. The van der Waals surface area contributed by atoms with Crippen molar-refractivity contribution in [1.29, 1.82) is 0 Å². The van der Waals surface area contributed by atoms with E-state index in [2.05, 4.69) is 10.1 Å². The first-order chi connectivity index (χ1) is 11.5. The molecule has 0 saturated heterocycles. The van der Waals surface area contributed by atoms with Crippen molar-refractivity contribution in [2.24, 2.45) is 0 Å². The van der Waals surface area contributed by atoms with Crippen molar-refractivity contribution >= 4 is 28.5 Å². The van der Waals surface area contributed by atoms with E-state index in [1.54, 1.807) is 6.92 Å². The van der Waals surface area contributed by atoms with E-state index in [4.69, 9.17) is 20.9 Å². The molecule has 0 radical (unpaired) electrons. The van der Waals surface area contributed by atoms with Crippen LogP contribution in [0.2, 0.25) is 5.02 Å². The maximum absolute atomic E-state index is 12.3. The second-order valence-electron chi connectivity index (χ2n) is 5.50. The van der Waals surface area contributed by atoms with Gasteiger partial charge >= 0.3 is 5.97 Å². The lowest BCUT2D eigenvalue weighted by Crippen LogP contribution is -2.09. The standard InChI is InChI=1S/C18H17ClN2O3/c1-4-13-16(11(3)24-21-13)18(22)23-9-15-17(19)10(2)12-7-5-6-8-14(12)20-15/h5-8H,4,9H2,1-3H3. The molecule has 0 bridgehead atoms. The van der Waals surface area contributed by atoms with Crippen molar-refractivity contribution in [3.8, 4) is 0 Å². The third kappa shape index (κ3) is 2.87. The zero-order valence-electron chi connectivity index (χ0n) is 13.7. The van der Waals surface area contributed by atoms with Crippen LogP contribution in [0.25, 0.3) is 10.9 Å². The number of aryl methyl sites for hydroxylation is 3. The molecule has 3 rings (SSSR count). The van der Waals surface area contributed by atoms with E-state index in [1.807, 2.05) is 38.1 Å². The molecule has 0 saturated carbocycles. The van der Waals surface area contributed by atoms with Crippen molar-refractivity contribution in [1.82, 2.24) is 10.1 Å². The van der Waals surface area contributed by atoms with E-state index in [1.165, 1.54) is 0 Å². The van der Waals surface area contributed by atoms with Crippen LogP contribution in [0.4, 0.5) is 0 Å². The van der Waals surface area contributed by atoms with E-state index in [0.29, 0.717) is 34.2 Å². The van der Waals surface area contributed by atoms with E-state index < -0.39 is 5.97 Å². The molecule has 2 aromatic heterocycles. The summed E-state index contributed by atoms with van der Waals surface area (Å²) in [5.41, 5.74) is 3.25. The van der Waals surface area contributed by atoms with E-state index >= 15 is 0 Å². The van der Waals surface area contributed by atoms with Crippen molar-refractivity contribution in [3.05, 3.63) is 57.6 Å². The van der Waals surface area contributed by atoms with Gasteiger partial charge in [0.25, 0.3) is 0 Å². The molecule has 1 aromatic carbocycles. The highest BCUT2D eigenvalue weighted by Crippen LogP contribution is 2.27. The number of pyridine rings is 1. The quantitative estimate of drug-likeness (QED) is 0.656. The number of hydrogen-bond acceptors (Lipinski definition) is 5. The number of aromatic nitrogens is 2. The molecule has 0 atom stereocenters. The number of hydrogen-bond donors (Lipinski definition) is 0. The molecule has 0 spiro atoms. The smallest absolute Gasteiger partial charge is 0.344 e. The number of ether oxygens (including phenoxy) is 1. The van der Waals surface area contributed by atoms with Crippen LogP contribution in [-0.4, -0.2) is 16.1 Å². The predicted octanol–water partition coefficient (Wildman–Crippen LogP) is 4.41. The summed E-state index contributed by atoms with van der Waals surface area (Å²) in [4.78, 5) is 16.9. The van der Waals surface area contributed by atoms with Crippen LogP contribution < -0.4 is 0 Å². The number of halogens is 1. The Labute approximate surface area is 144 Å². The third-order valence-electron chi connectivity index (χ3n) is 3.96. The molecular formula is C18H17ClN2O3. The minimum Gasteiger partial charge on any atom is -0.455 e. The molecule has 0 fully saturated rings. The highest BCUT2D eigenvalue weighted by molar-refractivity contribution is 6.32. The van der Waals surface area contributed by atoms with Crippen LogP contribution in [0.5, 0.6) is 0 Å². The molecule has 0 aliphatic rings. The van der Waals surface area contributed by atoms with Crippen molar-refractivity contribution < 1.29 is 14.1 Å². The number of carbonyl (C=O) groups excluding carboxylic acids is 1. The van der Waals surface area contributed by atoms with Gasteiger partial charge in [-0.15, -0.1) is 0 Å². The van der Waals surface area contributed by atoms with Crippen LogP contribution in [0.1, 0.15) is 40.0 Å². The lowest BCUT2D eigenvalue weighted by molar-refractivity contribution is 0.0465. The first kappa shape index (κ1) is 16.5. The molecule has 0 aliphatic carbocycles. The molecule has 0 N–H and O–H groups in total. The Bertz CT molecular complexity index is 918. The SMILES string of the molecule is CCc1noc(C)c1C(=O)OCc1nc2ccccc2c(C)c1Cl. The number of esters is 1. The van der Waals surface area contributed by atoms with E-state index in [9.17, 15) is 4.79 Å². The number of nitrogens with zero attached hydrogens (tertiary/aromatic N) is 2. The predicted molar refractivity (Wildman–Crippen MR) is 91.2 cm³/mol. The average Bonchev–Trinajstić information content (AvgIpc) is 2.97. The molecule has 124 valence electrons. The van der Waals surface area contributed by atoms with Gasteiger partial charge in [-0.25, -0.2) is 9.78 Å². The summed E-state index contributed by atoms with van der Waals surface area (Å²) < 4.78 is 10.5. The highest BCUT2D eigenvalue weighted by atomic mass is 35.5. The van der Waals surface area contributed by atoms with Gasteiger partial charge in [-0.05, 0) is 31.9 Å². The second-order valence-corrected chi connectivity index (χ2v) is 5.88. The van der Waals surface area contributed by atoms with Gasteiger partial charge in [0.05, 0.1) is 21.9 Å². The van der Waals surface area contributed by atoms with Crippen molar-refractivity contribution in [3.63, 3.8) is 0 Å². The summed E-state index contributed by atoms with van der Waals surface area (Å²) in [7, 11) is 0. The topological polar surface area (TPSA) is 65.2 Å². The zero-order valence-corrected chi connectivity index (χ0v) is 14.5. The van der Waals surface area contributed by atoms with Crippen LogP contribution in [0.3, 0.4) is 0 Å². The van der Waals surface area contributed by atoms with Gasteiger partial charge in [0.15, 0.2) is 0 Å². The Balaban J connectivity index is 1.87. The Kier molecular flexibility index (Phi) is 4.53. The second kappa shape index (κ2) is 6.61. The molecule has 0 amide bonds. The van der Waals surface area contributed by atoms with Crippen molar-refractivity contribution in [2.75, 3.05) is 0 Å². The van der Waals surface area contributed by atoms with Crippen LogP contribution in [0.15, 0.2) is 28.8 Å². The summed E-state index contributed by atoms with van der Waals surface area (Å²) in [5.74, 6) is -0.0279. The molecule has 0 unspecified atom stereocenters. The van der Waals surface area contributed by atoms with Gasteiger partial charge in [0.2, 0.25) is 0 Å². The Morgan fingerprint density at radius 2 is 2.00 bits per heavy atom. The third-order valence-corrected chi connectivity index (χ3v) is 4.46. The Morgan fingerprint density at radius 1 is 1.25 bits per heavy atom. The monoisotopic (exact) mass is 344 g/mol. The van der Waals surface area contributed by atoms with Gasteiger partial charge in [0, 0.05) is 5.39 Å². The lowest BCUT2D eigenvalue weighted by atomic mass is 10.1. The fourth-order valence-corrected chi connectivity index (χ4v) is 2.84.